The molecule has 0 aliphatic heterocycles. The van der Waals surface area contributed by atoms with Crippen molar-refractivity contribution >= 4 is 26.3 Å². The first-order chi connectivity index (χ1) is 17.9. The average molecular weight is 542 g/mol. The van der Waals surface area contributed by atoms with Crippen LogP contribution in [-0.4, -0.2) is 32.4 Å². The summed E-state index contributed by atoms with van der Waals surface area (Å²) in [4.78, 5) is 24.0. The smallest absolute Gasteiger partial charge is 0.331 e. The lowest BCUT2D eigenvalue weighted by Crippen LogP contribution is -2.52. The Morgan fingerprint density at radius 2 is 1.47 bits per heavy atom. The summed E-state index contributed by atoms with van der Waals surface area (Å²) < 4.78 is 13.4. The first-order valence-electron chi connectivity index (χ1n) is 14.1. The number of carbonyl (C=O) groups is 2. The first-order valence-corrected chi connectivity index (χ1v) is 16.2. The highest BCUT2D eigenvalue weighted by Crippen LogP contribution is 2.44. The highest BCUT2D eigenvalue weighted by atomic mass is 28.4. The lowest BCUT2D eigenvalue weighted by molar-refractivity contribution is -0.151. The molecule has 0 spiro atoms. The van der Waals surface area contributed by atoms with Crippen LogP contribution in [0.4, 0.5) is 0 Å². The normalized spacial score (nSPS) is 16.1. The minimum atomic E-state index is -2.21. The number of ether oxygens (including phenoxy) is 1. The van der Waals surface area contributed by atoms with Crippen LogP contribution in [0.25, 0.3) is 6.08 Å². The van der Waals surface area contributed by atoms with E-state index in [9.17, 15) is 9.59 Å². The van der Waals surface area contributed by atoms with E-state index in [-0.39, 0.29) is 30.0 Å². The van der Waals surface area contributed by atoms with Crippen molar-refractivity contribution in [2.45, 2.75) is 104 Å². The van der Waals surface area contributed by atoms with Crippen LogP contribution in [0.15, 0.2) is 60.7 Å². The summed E-state index contributed by atoms with van der Waals surface area (Å²) in [6.07, 6.45) is 11.2. The lowest BCUT2D eigenvalue weighted by Gasteiger charge is -2.47. The number of amides is 1. The Morgan fingerprint density at radius 3 is 1.97 bits per heavy atom. The third-order valence-corrected chi connectivity index (χ3v) is 13.8. The van der Waals surface area contributed by atoms with Gasteiger partial charge in [-0.2, -0.15) is 0 Å². The Morgan fingerprint density at radius 1 is 0.895 bits per heavy atom. The van der Waals surface area contributed by atoms with Gasteiger partial charge < -0.3 is 14.9 Å². The molecule has 0 aromatic heterocycles. The van der Waals surface area contributed by atoms with Gasteiger partial charge >= 0.3 is 5.97 Å². The zero-order valence-electron chi connectivity index (χ0n) is 25.0. The van der Waals surface area contributed by atoms with Crippen molar-refractivity contribution in [3.05, 3.63) is 66.3 Å². The van der Waals surface area contributed by atoms with Gasteiger partial charge in [0.15, 0.2) is 0 Å². The third-order valence-electron chi connectivity index (χ3n) is 7.71. The van der Waals surface area contributed by atoms with Gasteiger partial charge in [-0.15, -0.1) is 0 Å². The van der Waals surface area contributed by atoms with Gasteiger partial charge in [0.1, 0.15) is 6.10 Å². The molecule has 1 aromatic carbocycles. The molecule has 212 valence electrons. The minimum Gasteiger partial charge on any atom is -0.459 e. The second-order valence-corrected chi connectivity index (χ2v) is 16.7. The second-order valence-electron chi connectivity index (χ2n) is 11.3. The molecule has 6 heteroatoms. The van der Waals surface area contributed by atoms with Crippen LogP contribution in [0.2, 0.25) is 16.6 Å². The summed E-state index contributed by atoms with van der Waals surface area (Å²) in [6.45, 7) is 20.1. The number of hydrogen-bond acceptors (Lipinski definition) is 4. The van der Waals surface area contributed by atoms with Gasteiger partial charge in [0.05, 0.1) is 6.10 Å². The van der Waals surface area contributed by atoms with E-state index in [1.54, 1.807) is 12.2 Å². The van der Waals surface area contributed by atoms with Gasteiger partial charge in [0.25, 0.3) is 0 Å². The van der Waals surface area contributed by atoms with E-state index in [0.717, 1.165) is 12.0 Å². The molecule has 0 fully saturated rings. The number of benzene rings is 1. The molecule has 0 radical (unpaired) electrons. The quantitative estimate of drug-likeness (QED) is 0.100. The van der Waals surface area contributed by atoms with Crippen LogP contribution < -0.4 is 5.73 Å². The van der Waals surface area contributed by atoms with Crippen molar-refractivity contribution in [2.24, 2.45) is 17.6 Å². The van der Waals surface area contributed by atoms with Crippen molar-refractivity contribution < 1.29 is 18.8 Å². The average Bonchev–Trinajstić information content (AvgIpc) is 2.86. The predicted octanol–water partition coefficient (Wildman–Crippen LogP) is 7.84. The van der Waals surface area contributed by atoms with Gasteiger partial charge in [-0.05, 0) is 40.6 Å². The number of esters is 1. The molecule has 4 atom stereocenters. The molecule has 0 saturated carbocycles. The fourth-order valence-electron chi connectivity index (χ4n) is 5.57. The largest absolute Gasteiger partial charge is 0.459 e. The summed E-state index contributed by atoms with van der Waals surface area (Å²) >= 11 is 0. The van der Waals surface area contributed by atoms with Gasteiger partial charge in [-0.3, -0.25) is 4.79 Å². The monoisotopic (exact) mass is 541 g/mol. The summed E-state index contributed by atoms with van der Waals surface area (Å²) in [5.41, 5.74) is 7.46. The van der Waals surface area contributed by atoms with E-state index in [0.29, 0.717) is 23.0 Å². The van der Waals surface area contributed by atoms with E-state index < -0.39 is 14.2 Å². The predicted molar refractivity (Wildman–Crippen MR) is 162 cm³/mol. The third kappa shape index (κ3) is 10.0. The zero-order chi connectivity index (χ0) is 28.9. The fraction of sp³-hybridized carbons (Fsp3) is 0.562. The Kier molecular flexibility index (Phi) is 14.6. The first kappa shape index (κ1) is 33.6. The van der Waals surface area contributed by atoms with E-state index in [2.05, 4.69) is 62.3 Å². The molecule has 1 amide bonds. The number of primary amides is 1. The van der Waals surface area contributed by atoms with E-state index >= 15 is 0 Å². The van der Waals surface area contributed by atoms with Gasteiger partial charge in [-0.1, -0.05) is 117 Å². The van der Waals surface area contributed by atoms with Crippen LogP contribution in [0, 0.1) is 11.8 Å². The number of nitrogens with two attached hydrogens (primary N) is 1. The van der Waals surface area contributed by atoms with Crippen LogP contribution >= 0.6 is 0 Å². The Balaban J connectivity index is 3.34. The summed E-state index contributed by atoms with van der Waals surface area (Å²) in [5.74, 6) is -0.692. The highest BCUT2D eigenvalue weighted by Gasteiger charge is 2.48. The van der Waals surface area contributed by atoms with Crippen LogP contribution in [-0.2, 0) is 18.8 Å². The standard InChI is InChI=1S/C32H51NO4Si/c1-10-26(8)32(36-31(35)22-21-28-17-13-11-14-18-28)27(9)29(19-15-12-16-20-30(33)34)37-38(23(2)3,24(4)5)25(6)7/h11-18,20-27,29,32H,10,19H2,1-9H3,(H2,33,34)/b15-12+,20-16+,22-21+/t26-,27-,29-,32+/m0/s1. The summed E-state index contributed by atoms with van der Waals surface area (Å²) in [5, 5.41) is 0. The molecule has 1 aromatic rings. The molecule has 0 aliphatic carbocycles. The molecule has 5 nitrogen and oxygen atoms in total. The maximum absolute atomic E-state index is 12.9. The molecular formula is C32H51NO4Si. The maximum Gasteiger partial charge on any atom is 0.331 e. The molecule has 38 heavy (non-hydrogen) atoms. The highest BCUT2D eigenvalue weighted by molar-refractivity contribution is 6.77. The zero-order valence-corrected chi connectivity index (χ0v) is 26.0. The Bertz CT molecular complexity index is 914. The number of hydrogen-bond donors (Lipinski definition) is 1. The van der Waals surface area contributed by atoms with Gasteiger partial charge in [-0.25, -0.2) is 4.79 Å². The molecule has 1 rings (SSSR count). The molecule has 2 N–H and O–H groups in total. The minimum absolute atomic E-state index is 0.0353. The van der Waals surface area contributed by atoms with Crippen molar-refractivity contribution in [1.82, 2.24) is 0 Å². The Labute approximate surface area is 232 Å². The number of allylic oxidation sites excluding steroid dienone is 2. The van der Waals surface area contributed by atoms with E-state index in [4.69, 9.17) is 14.9 Å². The number of carbonyl (C=O) groups excluding carboxylic acids is 2. The van der Waals surface area contributed by atoms with Crippen molar-refractivity contribution in [2.75, 3.05) is 0 Å². The molecule has 0 unspecified atom stereocenters. The second kappa shape index (κ2) is 16.5. The van der Waals surface area contributed by atoms with Crippen molar-refractivity contribution in [1.29, 1.82) is 0 Å². The van der Waals surface area contributed by atoms with Crippen LogP contribution in [0.1, 0.15) is 80.7 Å². The lowest BCUT2D eigenvalue weighted by atomic mass is 9.86. The molecule has 0 bridgehead atoms. The Hall–Kier alpha value is -2.44. The topological polar surface area (TPSA) is 78.6 Å². The van der Waals surface area contributed by atoms with Crippen LogP contribution in [0.3, 0.4) is 0 Å². The molecule has 0 aliphatic rings. The molecule has 0 saturated heterocycles. The van der Waals surface area contributed by atoms with Crippen molar-refractivity contribution in [3.8, 4) is 0 Å². The summed E-state index contributed by atoms with van der Waals surface area (Å²) in [7, 11) is -2.21. The van der Waals surface area contributed by atoms with E-state index in [1.807, 2.05) is 42.5 Å². The van der Waals surface area contributed by atoms with E-state index in [1.165, 1.54) is 12.2 Å². The van der Waals surface area contributed by atoms with Crippen molar-refractivity contribution in [3.63, 3.8) is 0 Å². The fourth-order valence-corrected chi connectivity index (χ4v) is 11.2. The SMILES string of the molecule is CC[C@H](C)[C@@H](OC(=O)/C=C/c1ccccc1)[C@@H](C)[C@H](C/C=C/C=C/C(N)=O)O[Si](C(C)C)(C(C)C)C(C)C. The van der Waals surface area contributed by atoms with Gasteiger partial charge in [0.2, 0.25) is 14.2 Å². The van der Waals surface area contributed by atoms with Gasteiger partial charge in [0, 0.05) is 18.1 Å². The molecular weight excluding hydrogens is 490 g/mol. The molecule has 0 heterocycles. The maximum atomic E-state index is 12.9. The van der Waals surface area contributed by atoms with Crippen LogP contribution in [0.5, 0.6) is 0 Å². The summed E-state index contributed by atoms with van der Waals surface area (Å²) in [6, 6.07) is 9.74. The number of rotatable bonds is 16.